The highest BCUT2D eigenvalue weighted by molar-refractivity contribution is 7.91. The molecule has 64 heavy (non-hydrogen) atoms. The maximum absolute atomic E-state index is 13.9. The van der Waals surface area contributed by atoms with Crippen LogP contribution in [0, 0.1) is 0 Å². The molecule has 1 atom stereocenters. The number of rotatable bonds is 12. The molecular formula is C38H28N10O13S3. The number of carbonyl (C=O) groups excluding carboxylic acids is 2. The number of para-hydroxylation sites is 1. The van der Waals surface area contributed by atoms with Gasteiger partial charge in [0.1, 0.15) is 10.3 Å². The fraction of sp³-hybridized carbons (Fsp3) is 0.0526. The maximum Gasteiger partial charge on any atom is 0.296 e. The smallest absolute Gasteiger partial charge is 0.287 e. The minimum atomic E-state index is -5.16. The van der Waals surface area contributed by atoms with Crippen LogP contribution < -0.4 is 42.9 Å². The van der Waals surface area contributed by atoms with Crippen LogP contribution in [0.5, 0.6) is 0 Å². The molecule has 326 valence electrons. The molecule has 1 aliphatic carbocycles. The molecule has 2 aliphatic rings. The van der Waals surface area contributed by atoms with Crippen molar-refractivity contribution in [3.63, 3.8) is 0 Å². The van der Waals surface area contributed by atoms with Gasteiger partial charge in [0.05, 0.1) is 49.5 Å². The zero-order valence-electron chi connectivity index (χ0n) is 32.2. The normalized spacial score (nSPS) is 16.8. The van der Waals surface area contributed by atoms with E-state index in [-0.39, 0.29) is 27.7 Å². The van der Waals surface area contributed by atoms with Crippen molar-refractivity contribution in [1.29, 1.82) is 0 Å². The van der Waals surface area contributed by atoms with E-state index >= 15 is 0 Å². The zero-order chi connectivity index (χ0) is 46.1. The van der Waals surface area contributed by atoms with Crippen LogP contribution in [0.25, 0.3) is 6.08 Å². The highest BCUT2D eigenvalue weighted by Crippen LogP contribution is 2.34. The fourth-order valence-electron chi connectivity index (χ4n) is 5.98. The number of anilines is 4. The van der Waals surface area contributed by atoms with Gasteiger partial charge in [0.15, 0.2) is 17.1 Å². The summed E-state index contributed by atoms with van der Waals surface area (Å²) in [5, 5.41) is 23.9. The summed E-state index contributed by atoms with van der Waals surface area (Å²) in [5.41, 5.74) is 4.53. The van der Waals surface area contributed by atoms with E-state index in [0.717, 1.165) is 47.5 Å². The number of fused-ring (bicyclic) bond motifs is 1. The standard InChI is InChI=1S/C38H28N10O13S3/c1-20-33(44-40-23-10-12-26(13-11-23)62(53,54)55)38(52)48(47-20)25-9-5-8-24(18-25)41-45-34-30(49)15-14-28(36(34)50)42-43-29-19-27(63(56,57)58)16-21-17-31(64(59,60)61)35(37(51)32(21)29)46-39-22-6-3-2-4-7-22/h2-19,33,39,41,43H,1H3,(H,53,54,55)(H,56,57,58)(H,59,60,61). The molecule has 0 aromatic heterocycles. The highest BCUT2D eigenvalue weighted by atomic mass is 32.2. The van der Waals surface area contributed by atoms with Crippen LogP contribution in [0.15, 0.2) is 158 Å². The number of nitrogens with zero attached hydrogens (tertiary/aromatic N) is 7. The van der Waals surface area contributed by atoms with Crippen molar-refractivity contribution in [1.82, 2.24) is 0 Å². The van der Waals surface area contributed by atoms with E-state index in [9.17, 15) is 58.1 Å². The van der Waals surface area contributed by atoms with E-state index in [0.29, 0.717) is 5.69 Å². The number of hydrogen-bond acceptors (Lipinski definition) is 19. The molecule has 23 nitrogen and oxygen atoms in total. The van der Waals surface area contributed by atoms with Gasteiger partial charge in [-0.25, -0.2) is 0 Å². The van der Waals surface area contributed by atoms with Gasteiger partial charge in [-0.15, -0.1) is 0 Å². The predicted octanol–water partition coefficient (Wildman–Crippen LogP) is 2.40. The van der Waals surface area contributed by atoms with Crippen LogP contribution in [0.1, 0.15) is 22.8 Å². The summed E-state index contributed by atoms with van der Waals surface area (Å²) in [5.74, 6) is -1.77. The molecule has 7 rings (SSSR count). The van der Waals surface area contributed by atoms with Crippen molar-refractivity contribution >= 4 is 88.0 Å². The number of carbonyl (C=O) groups is 2. The molecule has 1 heterocycles. The molecule has 0 saturated heterocycles. The van der Waals surface area contributed by atoms with Gasteiger partial charge in [-0.2, -0.15) is 60.9 Å². The molecule has 26 heteroatoms. The van der Waals surface area contributed by atoms with Gasteiger partial charge in [-0.1, -0.05) is 24.3 Å². The number of amides is 1. The van der Waals surface area contributed by atoms with E-state index in [4.69, 9.17) is 0 Å². The third-order valence-electron chi connectivity index (χ3n) is 9.03. The van der Waals surface area contributed by atoms with Crippen molar-refractivity contribution < 1.29 is 48.5 Å². The van der Waals surface area contributed by atoms with Crippen LogP contribution in [0.4, 0.5) is 28.4 Å². The average molecular weight is 929 g/mol. The van der Waals surface area contributed by atoms with Crippen LogP contribution in [0.2, 0.25) is 0 Å². The summed E-state index contributed by atoms with van der Waals surface area (Å²) in [4.78, 5) is 51.4. The largest absolute Gasteiger partial charge is 0.296 e. The number of hydrazone groups is 2. The summed E-state index contributed by atoms with van der Waals surface area (Å²) >= 11 is 0. The summed E-state index contributed by atoms with van der Waals surface area (Å²) in [7, 11) is -14.6. The minimum absolute atomic E-state index is 0.171. The molecule has 1 aliphatic heterocycles. The Morgan fingerprint density at radius 2 is 1.34 bits per heavy atom. The van der Waals surface area contributed by atoms with E-state index < -0.39 is 102 Å². The first-order valence-corrected chi connectivity index (χ1v) is 22.2. The van der Waals surface area contributed by atoms with Crippen molar-refractivity contribution in [2.24, 2.45) is 30.6 Å². The molecule has 0 bridgehead atoms. The minimum Gasteiger partial charge on any atom is -0.287 e. The second-order valence-electron chi connectivity index (χ2n) is 13.4. The number of nitrogens with one attached hydrogen (secondary N) is 3. The Balaban J connectivity index is 1.17. The topological polar surface area (TPSA) is 345 Å². The summed E-state index contributed by atoms with van der Waals surface area (Å²) in [6, 6.07) is 21.0. The molecule has 0 fully saturated rings. The van der Waals surface area contributed by atoms with E-state index in [1.807, 2.05) is 0 Å². The summed E-state index contributed by atoms with van der Waals surface area (Å²) in [6.45, 7) is 1.53. The Bertz CT molecular complexity index is 3500. The lowest BCUT2D eigenvalue weighted by Gasteiger charge is -2.19. The lowest BCUT2D eigenvalue weighted by atomic mass is 9.93. The van der Waals surface area contributed by atoms with Crippen LogP contribution in [-0.4, -0.2) is 68.1 Å². The second kappa shape index (κ2) is 17.2. The van der Waals surface area contributed by atoms with Crippen molar-refractivity contribution in [3.8, 4) is 0 Å². The number of allylic oxidation sites excluding steroid dienone is 1. The number of hydrogen-bond donors (Lipinski definition) is 6. The maximum atomic E-state index is 13.9. The van der Waals surface area contributed by atoms with Gasteiger partial charge < -0.3 is 0 Å². The van der Waals surface area contributed by atoms with Gasteiger partial charge in [-0.3, -0.25) is 49.1 Å². The van der Waals surface area contributed by atoms with Crippen molar-refractivity contribution in [3.05, 3.63) is 150 Å². The molecule has 1 unspecified atom stereocenters. The third-order valence-corrected chi connectivity index (χ3v) is 11.6. The average Bonchev–Trinajstić information content (AvgIpc) is 3.53. The molecule has 1 amide bonds. The number of Topliss-reactive ketones (excluding diaryl/α,β-unsaturated/α-hetero) is 1. The first-order chi connectivity index (χ1) is 30.2. The molecule has 5 aromatic rings. The molecule has 6 N–H and O–H groups in total. The fourth-order valence-corrected chi connectivity index (χ4v) is 7.67. The Morgan fingerprint density at radius 3 is 2.02 bits per heavy atom. The van der Waals surface area contributed by atoms with Crippen molar-refractivity contribution in [2.45, 2.75) is 22.8 Å². The highest BCUT2D eigenvalue weighted by Gasteiger charge is 2.37. The van der Waals surface area contributed by atoms with Gasteiger partial charge >= 0.3 is 0 Å². The number of azo groups is 1. The van der Waals surface area contributed by atoms with E-state index in [1.165, 1.54) is 55.5 Å². The third kappa shape index (κ3) is 9.50. The lowest BCUT2D eigenvalue weighted by Crippen LogP contribution is -2.48. The Labute approximate surface area is 360 Å². The van der Waals surface area contributed by atoms with E-state index in [1.54, 1.807) is 18.2 Å². The van der Waals surface area contributed by atoms with Crippen LogP contribution in [0.3, 0.4) is 0 Å². The molecule has 0 spiro atoms. The molecule has 0 saturated carbocycles. The quantitative estimate of drug-likeness (QED) is 0.0594. The predicted molar refractivity (Wildman–Crippen MR) is 229 cm³/mol. The van der Waals surface area contributed by atoms with E-state index in [2.05, 4.69) is 46.9 Å². The lowest BCUT2D eigenvalue weighted by molar-refractivity contribution is -0.117. The van der Waals surface area contributed by atoms with Crippen LogP contribution >= 0.6 is 0 Å². The van der Waals surface area contributed by atoms with Crippen LogP contribution in [-0.2, 0) is 35.1 Å². The molecule has 0 radical (unpaired) electrons. The number of benzene rings is 5. The summed E-state index contributed by atoms with van der Waals surface area (Å²) < 4.78 is 101. The Hall–Kier alpha value is -7.75. The number of ketones is 1. The van der Waals surface area contributed by atoms with Gasteiger partial charge in [-0.05, 0) is 97.4 Å². The molecular weight excluding hydrogens is 901 g/mol. The SMILES string of the molecule is CC1=NN(c2cccc(NN=c3c(=O)ccc(=NNc4cc(S(=O)(=O)O)cc5c4C(=O)C(=NNc4ccccc4)C(S(=O)(=O)O)=C5)c3=O)c2)C(=O)C1N=Nc1ccc(S(=O)(=O)O)cc1. The van der Waals surface area contributed by atoms with Crippen molar-refractivity contribution in [2.75, 3.05) is 21.3 Å². The zero-order valence-corrected chi connectivity index (χ0v) is 34.7. The van der Waals surface area contributed by atoms with Gasteiger partial charge in [0.2, 0.25) is 16.6 Å². The first-order valence-electron chi connectivity index (χ1n) is 17.9. The second-order valence-corrected chi connectivity index (χ2v) is 17.6. The summed E-state index contributed by atoms with van der Waals surface area (Å²) in [6.07, 6.45) is 0.747. The Kier molecular flexibility index (Phi) is 11.9. The Morgan fingerprint density at radius 1 is 0.672 bits per heavy atom. The monoisotopic (exact) mass is 928 g/mol. The van der Waals surface area contributed by atoms with Gasteiger partial charge in [0, 0.05) is 0 Å². The first kappa shape index (κ1) is 44.3. The van der Waals surface area contributed by atoms with Gasteiger partial charge in [0.25, 0.3) is 36.3 Å². The molecule has 5 aromatic carbocycles.